The molecule has 4 rings (SSSR count). The van der Waals surface area contributed by atoms with E-state index in [1.807, 2.05) is 0 Å². The van der Waals surface area contributed by atoms with Crippen molar-refractivity contribution >= 4 is 23.8 Å². The van der Waals surface area contributed by atoms with Crippen molar-refractivity contribution in [2.75, 3.05) is 7.05 Å². The van der Waals surface area contributed by atoms with Crippen molar-refractivity contribution < 1.29 is 14.1 Å². The van der Waals surface area contributed by atoms with E-state index in [9.17, 15) is 9.18 Å². The number of hydrogen-bond donors (Lipinski definition) is 1. The first-order valence-corrected chi connectivity index (χ1v) is 7.95. The first-order valence-electron chi connectivity index (χ1n) is 7.95. The standard InChI is InChI=1S/C17H17FN6O/c1-17(2,3)12-8-20-21-24(12)14-15-22(4)16(25)13-10(18)6-5-7-11(13)23(15)9-19-14/h5-9H,1-4H3/p+1. The lowest BCUT2D eigenvalue weighted by Crippen LogP contribution is -3.06. The van der Waals surface area contributed by atoms with Gasteiger partial charge in [-0.2, -0.15) is 9.67 Å². The van der Waals surface area contributed by atoms with Crippen LogP contribution in [0.15, 0.2) is 35.2 Å². The molecule has 2 aliphatic rings. The number of hydrogen-bond acceptors (Lipinski definition) is 4. The predicted molar refractivity (Wildman–Crippen MR) is 89.5 cm³/mol. The lowest BCUT2D eigenvalue weighted by molar-refractivity contribution is -0.685. The predicted octanol–water partition coefficient (Wildman–Crippen LogP) is 1.14. The monoisotopic (exact) mass is 341 g/mol. The average molecular weight is 341 g/mol. The second kappa shape index (κ2) is 5.06. The molecule has 1 unspecified atom stereocenters. The van der Waals surface area contributed by atoms with Crippen molar-refractivity contribution in [1.82, 2.24) is 19.9 Å². The molecule has 2 aliphatic heterocycles. The van der Waals surface area contributed by atoms with Gasteiger partial charge in [-0.25, -0.2) is 9.29 Å². The number of aromatic nitrogens is 3. The van der Waals surface area contributed by atoms with Gasteiger partial charge in [-0.15, -0.1) is 5.10 Å². The van der Waals surface area contributed by atoms with Crippen LogP contribution in [0, 0.1) is 5.82 Å². The van der Waals surface area contributed by atoms with Crippen molar-refractivity contribution in [2.24, 2.45) is 4.99 Å². The van der Waals surface area contributed by atoms with Gasteiger partial charge in [-0.05, 0) is 6.07 Å². The van der Waals surface area contributed by atoms with E-state index in [0.717, 1.165) is 5.69 Å². The Hall–Kier alpha value is -2.87. The topological polar surface area (TPSA) is 67.8 Å². The minimum absolute atomic E-state index is 0.0751. The summed E-state index contributed by atoms with van der Waals surface area (Å²) in [7, 11) is 1.62. The van der Waals surface area contributed by atoms with Gasteiger partial charge in [0.1, 0.15) is 11.4 Å². The van der Waals surface area contributed by atoms with Gasteiger partial charge in [-0.3, -0.25) is 9.69 Å². The third-order valence-electron chi connectivity index (χ3n) is 4.46. The number of amides is 1. The molecule has 0 spiro atoms. The Morgan fingerprint density at radius 2 is 2.00 bits per heavy atom. The molecule has 3 heterocycles. The molecule has 0 aliphatic carbocycles. The molecule has 2 aromatic rings. The van der Waals surface area contributed by atoms with Crippen LogP contribution in [0.5, 0.6) is 0 Å². The van der Waals surface area contributed by atoms with Gasteiger partial charge < -0.3 is 0 Å². The van der Waals surface area contributed by atoms with E-state index in [1.54, 1.807) is 36.4 Å². The zero-order valence-corrected chi connectivity index (χ0v) is 14.4. The third-order valence-corrected chi connectivity index (χ3v) is 4.46. The minimum Gasteiger partial charge on any atom is -0.268 e. The number of carbonyl (C=O) groups excluding carboxylic acids is 1. The highest BCUT2D eigenvalue weighted by Crippen LogP contribution is 2.29. The summed E-state index contributed by atoms with van der Waals surface area (Å²) >= 11 is 0. The average Bonchev–Trinajstić information content (AvgIpc) is 3.18. The van der Waals surface area contributed by atoms with Gasteiger partial charge in [0.25, 0.3) is 11.7 Å². The Kier molecular flexibility index (Phi) is 3.17. The number of fused-ring (bicyclic) bond motifs is 3. The summed E-state index contributed by atoms with van der Waals surface area (Å²) in [6, 6.07) is 4.63. The zero-order valence-electron chi connectivity index (χ0n) is 14.4. The van der Waals surface area contributed by atoms with E-state index in [4.69, 9.17) is 0 Å². The Bertz CT molecular complexity index is 952. The number of nitrogens with zero attached hydrogens (tertiary/aromatic N) is 5. The number of aliphatic imine (C=N–C) groups is 1. The normalized spacial score (nSPS) is 19.5. The molecule has 25 heavy (non-hydrogen) atoms. The summed E-state index contributed by atoms with van der Waals surface area (Å²) in [5.74, 6) is 0.202. The summed E-state index contributed by atoms with van der Waals surface area (Å²) in [5.41, 5.74) is 1.30. The second-order valence-corrected chi connectivity index (χ2v) is 7.15. The van der Waals surface area contributed by atoms with Gasteiger partial charge in [0.15, 0.2) is 5.69 Å². The third kappa shape index (κ3) is 2.14. The Labute approximate surface area is 144 Å². The highest BCUT2D eigenvalue weighted by atomic mass is 19.1. The summed E-state index contributed by atoms with van der Waals surface area (Å²) in [6.45, 7) is 6.16. The van der Waals surface area contributed by atoms with Crippen molar-refractivity contribution in [3.63, 3.8) is 0 Å². The van der Waals surface area contributed by atoms with Gasteiger partial charge in [0.05, 0.1) is 11.9 Å². The number of carbonyl (C=O) groups is 1. The van der Waals surface area contributed by atoms with Gasteiger partial charge in [-0.1, -0.05) is 32.1 Å². The number of benzene rings is 1. The molecule has 1 aromatic heterocycles. The Morgan fingerprint density at radius 3 is 2.72 bits per heavy atom. The van der Waals surface area contributed by atoms with E-state index in [2.05, 4.69) is 36.1 Å². The molecule has 128 valence electrons. The van der Waals surface area contributed by atoms with Gasteiger partial charge >= 0.3 is 0 Å². The van der Waals surface area contributed by atoms with Crippen LogP contribution in [0.2, 0.25) is 0 Å². The summed E-state index contributed by atoms with van der Waals surface area (Å²) in [4.78, 5) is 19.3. The van der Waals surface area contributed by atoms with Crippen LogP contribution in [0.25, 0.3) is 5.82 Å². The largest absolute Gasteiger partial charge is 0.271 e. The fraction of sp³-hybridized carbons (Fsp3) is 0.294. The maximum atomic E-state index is 14.2. The molecule has 0 fully saturated rings. The van der Waals surface area contributed by atoms with E-state index >= 15 is 0 Å². The zero-order chi connectivity index (χ0) is 17.9. The van der Waals surface area contributed by atoms with E-state index in [-0.39, 0.29) is 11.0 Å². The van der Waals surface area contributed by atoms with E-state index in [0.29, 0.717) is 22.2 Å². The van der Waals surface area contributed by atoms with Crippen LogP contribution < -0.4 is 4.90 Å². The van der Waals surface area contributed by atoms with Crippen LogP contribution in [0.4, 0.5) is 10.1 Å². The summed E-state index contributed by atoms with van der Waals surface area (Å²) < 4.78 is 15.8. The first kappa shape index (κ1) is 15.6. The molecular formula is C17H18FN6O+. The molecule has 1 atom stereocenters. The SMILES string of the molecule is CN1C(=O)c2c(F)cccc2[NH+]2C=NC(n3nncc3C(C)(C)C)=C12. The number of rotatable bonds is 1. The summed E-state index contributed by atoms with van der Waals surface area (Å²) in [6.07, 6.45) is 3.35. The molecule has 0 saturated carbocycles. The van der Waals surface area contributed by atoms with Crippen LogP contribution >= 0.6 is 0 Å². The Balaban J connectivity index is 1.94. The number of quaternary nitrogens is 1. The van der Waals surface area contributed by atoms with E-state index in [1.165, 1.54) is 11.0 Å². The van der Waals surface area contributed by atoms with Gasteiger partial charge in [0, 0.05) is 18.5 Å². The maximum Gasteiger partial charge on any atom is 0.271 e. The fourth-order valence-corrected chi connectivity index (χ4v) is 3.19. The minimum atomic E-state index is -0.529. The van der Waals surface area contributed by atoms with Crippen molar-refractivity contribution in [1.29, 1.82) is 0 Å². The van der Waals surface area contributed by atoms with Crippen LogP contribution in [0.1, 0.15) is 36.8 Å². The molecule has 7 nitrogen and oxygen atoms in total. The van der Waals surface area contributed by atoms with Crippen molar-refractivity contribution in [2.45, 2.75) is 26.2 Å². The van der Waals surface area contributed by atoms with Gasteiger partial charge in [0.2, 0.25) is 12.2 Å². The molecule has 1 amide bonds. The van der Waals surface area contributed by atoms with Crippen molar-refractivity contribution in [3.8, 4) is 0 Å². The van der Waals surface area contributed by atoms with Crippen LogP contribution in [-0.4, -0.2) is 39.2 Å². The molecule has 1 aromatic carbocycles. The number of halogens is 1. The first-order chi connectivity index (χ1) is 11.8. The number of nitrogens with one attached hydrogen (secondary N) is 1. The summed E-state index contributed by atoms with van der Waals surface area (Å²) in [5, 5.41) is 8.16. The lowest BCUT2D eigenvalue weighted by atomic mass is 9.93. The molecule has 8 heteroatoms. The quantitative estimate of drug-likeness (QED) is 0.846. The highest BCUT2D eigenvalue weighted by Gasteiger charge is 2.44. The second-order valence-electron chi connectivity index (χ2n) is 7.15. The molecule has 0 saturated heterocycles. The Morgan fingerprint density at radius 1 is 1.24 bits per heavy atom. The maximum absolute atomic E-state index is 14.2. The molecule has 0 radical (unpaired) electrons. The molecule has 0 bridgehead atoms. The molecule has 1 N–H and O–H groups in total. The van der Waals surface area contributed by atoms with E-state index < -0.39 is 11.7 Å². The lowest BCUT2D eigenvalue weighted by Gasteiger charge is -2.28. The fourth-order valence-electron chi connectivity index (χ4n) is 3.19. The highest BCUT2D eigenvalue weighted by molar-refractivity contribution is 6.01. The van der Waals surface area contributed by atoms with Crippen molar-refractivity contribution in [3.05, 3.63) is 47.3 Å². The smallest absolute Gasteiger partial charge is 0.268 e. The van der Waals surface area contributed by atoms with Crippen LogP contribution in [0.3, 0.4) is 0 Å². The molecular weight excluding hydrogens is 323 g/mol. The van der Waals surface area contributed by atoms with Crippen LogP contribution in [-0.2, 0) is 5.41 Å².